The minimum atomic E-state index is -0.805. The van der Waals surface area contributed by atoms with Crippen LogP contribution >= 0.6 is 11.3 Å². The number of likely N-dealkylation sites (N-methyl/N-ethyl adjacent to an activating group) is 1. The standard InChI is InChI=1S/C17H23FN2O2S/c1-19(17(21)13-4-2-6-22-12-13)10-15-8-14(18)9-20(15)11-16-5-3-7-23-16/h3,5,7,12,14-15H,2,4,6,8-11H2,1H3/t14-,15-/m0/s1. The van der Waals surface area contributed by atoms with Gasteiger partial charge in [0.05, 0.1) is 18.4 Å². The van der Waals surface area contributed by atoms with Crippen molar-refractivity contribution in [1.82, 2.24) is 9.80 Å². The molecule has 1 fully saturated rings. The molecule has 2 aliphatic rings. The number of alkyl halides is 1. The summed E-state index contributed by atoms with van der Waals surface area (Å²) in [6.07, 6.45) is 2.92. The van der Waals surface area contributed by atoms with Gasteiger partial charge in [-0.05, 0) is 30.7 Å². The summed E-state index contributed by atoms with van der Waals surface area (Å²) in [5, 5.41) is 2.04. The van der Waals surface area contributed by atoms with Crippen LogP contribution in [-0.4, -0.2) is 54.7 Å². The summed E-state index contributed by atoms with van der Waals surface area (Å²) in [6.45, 7) is 2.45. The summed E-state index contributed by atoms with van der Waals surface area (Å²) in [4.78, 5) is 17.6. The van der Waals surface area contributed by atoms with Crippen molar-refractivity contribution < 1.29 is 13.9 Å². The van der Waals surface area contributed by atoms with Gasteiger partial charge in [0, 0.05) is 37.6 Å². The number of carbonyl (C=O) groups is 1. The lowest BCUT2D eigenvalue weighted by Crippen LogP contribution is -2.41. The highest BCUT2D eigenvalue weighted by molar-refractivity contribution is 7.09. The SMILES string of the molecule is CN(C[C@@H]1C[C@H](F)CN1Cc1cccs1)C(=O)C1=COCCC1. The molecule has 3 heterocycles. The maximum absolute atomic E-state index is 13.9. The van der Waals surface area contributed by atoms with Gasteiger partial charge in [-0.15, -0.1) is 11.3 Å². The fourth-order valence-corrected chi connectivity index (χ4v) is 4.00. The number of halogens is 1. The van der Waals surface area contributed by atoms with Crippen LogP contribution in [0.15, 0.2) is 29.3 Å². The summed E-state index contributed by atoms with van der Waals surface area (Å²) < 4.78 is 19.1. The van der Waals surface area contributed by atoms with Crippen LogP contribution in [0.4, 0.5) is 4.39 Å². The van der Waals surface area contributed by atoms with Crippen LogP contribution in [0.3, 0.4) is 0 Å². The smallest absolute Gasteiger partial charge is 0.252 e. The quantitative estimate of drug-likeness (QED) is 0.828. The van der Waals surface area contributed by atoms with Crippen molar-refractivity contribution in [3.63, 3.8) is 0 Å². The predicted molar refractivity (Wildman–Crippen MR) is 88.9 cm³/mol. The van der Waals surface area contributed by atoms with Gasteiger partial charge in [-0.3, -0.25) is 9.69 Å². The largest absolute Gasteiger partial charge is 0.501 e. The Labute approximate surface area is 140 Å². The van der Waals surface area contributed by atoms with E-state index < -0.39 is 6.17 Å². The zero-order valence-corrected chi connectivity index (χ0v) is 14.2. The molecule has 0 unspecified atom stereocenters. The molecule has 4 nitrogen and oxygen atoms in total. The van der Waals surface area contributed by atoms with Crippen LogP contribution < -0.4 is 0 Å². The van der Waals surface area contributed by atoms with Gasteiger partial charge in [0.25, 0.3) is 5.91 Å². The Morgan fingerprint density at radius 3 is 3.13 bits per heavy atom. The van der Waals surface area contributed by atoms with Crippen LogP contribution in [0.25, 0.3) is 0 Å². The molecule has 0 radical (unpaired) electrons. The van der Waals surface area contributed by atoms with E-state index in [1.807, 2.05) is 11.4 Å². The normalized spacial score (nSPS) is 25.0. The van der Waals surface area contributed by atoms with Crippen LogP contribution in [0, 0.1) is 0 Å². The van der Waals surface area contributed by atoms with E-state index in [4.69, 9.17) is 4.74 Å². The summed E-state index contributed by atoms with van der Waals surface area (Å²) in [5.74, 6) is 0.00285. The van der Waals surface area contributed by atoms with Gasteiger partial charge >= 0.3 is 0 Å². The number of amides is 1. The van der Waals surface area contributed by atoms with Crippen molar-refractivity contribution in [2.45, 2.75) is 38.0 Å². The molecule has 3 rings (SSSR count). The van der Waals surface area contributed by atoms with E-state index in [2.05, 4.69) is 11.0 Å². The van der Waals surface area contributed by atoms with E-state index in [0.29, 0.717) is 26.1 Å². The highest BCUT2D eigenvalue weighted by Crippen LogP contribution is 2.25. The number of rotatable bonds is 5. The van der Waals surface area contributed by atoms with Crippen LogP contribution in [0.1, 0.15) is 24.1 Å². The van der Waals surface area contributed by atoms with Gasteiger partial charge in [0.1, 0.15) is 6.17 Å². The van der Waals surface area contributed by atoms with Crippen molar-refractivity contribution in [2.24, 2.45) is 0 Å². The van der Waals surface area contributed by atoms with Crippen LogP contribution in [0.2, 0.25) is 0 Å². The summed E-state index contributed by atoms with van der Waals surface area (Å²) in [7, 11) is 1.80. The van der Waals surface area contributed by atoms with E-state index in [1.54, 1.807) is 29.5 Å². The third-order valence-corrected chi connectivity index (χ3v) is 5.32. The molecule has 0 aromatic carbocycles. The van der Waals surface area contributed by atoms with E-state index in [-0.39, 0.29) is 11.9 Å². The summed E-state index contributed by atoms with van der Waals surface area (Å²) in [5.41, 5.74) is 0.721. The molecule has 126 valence electrons. The van der Waals surface area contributed by atoms with Gasteiger partial charge in [0.15, 0.2) is 0 Å². The molecule has 0 aliphatic carbocycles. The summed E-state index contributed by atoms with van der Waals surface area (Å²) >= 11 is 1.69. The number of ether oxygens (including phenoxy) is 1. The van der Waals surface area contributed by atoms with Gasteiger partial charge in [-0.2, -0.15) is 0 Å². The average molecular weight is 338 g/mol. The van der Waals surface area contributed by atoms with Gasteiger partial charge in [0.2, 0.25) is 0 Å². The maximum Gasteiger partial charge on any atom is 0.252 e. The number of likely N-dealkylation sites (tertiary alicyclic amines) is 1. The number of carbonyl (C=O) groups excluding carboxylic acids is 1. The topological polar surface area (TPSA) is 32.8 Å². The lowest BCUT2D eigenvalue weighted by molar-refractivity contribution is -0.127. The van der Waals surface area contributed by atoms with Crippen molar-refractivity contribution in [3.05, 3.63) is 34.2 Å². The molecule has 6 heteroatoms. The van der Waals surface area contributed by atoms with Crippen molar-refractivity contribution in [1.29, 1.82) is 0 Å². The van der Waals surface area contributed by atoms with E-state index in [9.17, 15) is 9.18 Å². The molecule has 0 saturated carbocycles. The maximum atomic E-state index is 13.9. The number of hydrogen-bond donors (Lipinski definition) is 0. The molecule has 0 bridgehead atoms. The van der Waals surface area contributed by atoms with Crippen molar-refractivity contribution >= 4 is 17.2 Å². The first-order valence-electron chi connectivity index (χ1n) is 8.10. The lowest BCUT2D eigenvalue weighted by Gasteiger charge is -2.29. The molecular formula is C17H23FN2O2S. The van der Waals surface area contributed by atoms with Crippen molar-refractivity contribution in [2.75, 3.05) is 26.7 Å². The highest BCUT2D eigenvalue weighted by atomic mass is 32.1. The molecule has 2 aliphatic heterocycles. The fraction of sp³-hybridized carbons (Fsp3) is 0.588. The third kappa shape index (κ3) is 4.12. The lowest BCUT2D eigenvalue weighted by atomic mass is 10.1. The second kappa shape index (κ2) is 7.45. The molecule has 0 spiro atoms. The first-order chi connectivity index (χ1) is 11.1. The molecule has 23 heavy (non-hydrogen) atoms. The monoisotopic (exact) mass is 338 g/mol. The Bertz CT molecular complexity index is 561. The van der Waals surface area contributed by atoms with Gasteiger partial charge in [-0.25, -0.2) is 4.39 Å². The van der Waals surface area contributed by atoms with Gasteiger partial charge < -0.3 is 9.64 Å². The van der Waals surface area contributed by atoms with Gasteiger partial charge in [-0.1, -0.05) is 6.07 Å². The molecule has 0 N–H and O–H groups in total. The molecule has 1 aromatic rings. The van der Waals surface area contributed by atoms with E-state index in [0.717, 1.165) is 25.0 Å². The Balaban J connectivity index is 1.60. The fourth-order valence-electron chi connectivity index (χ4n) is 3.27. The molecule has 1 saturated heterocycles. The molecular weight excluding hydrogens is 315 g/mol. The zero-order chi connectivity index (χ0) is 16.2. The molecule has 1 amide bonds. The zero-order valence-electron chi connectivity index (χ0n) is 13.4. The minimum Gasteiger partial charge on any atom is -0.501 e. The third-order valence-electron chi connectivity index (χ3n) is 4.46. The first kappa shape index (κ1) is 16.5. The Morgan fingerprint density at radius 1 is 1.57 bits per heavy atom. The second-order valence-corrected chi connectivity index (χ2v) is 7.33. The second-order valence-electron chi connectivity index (χ2n) is 6.30. The van der Waals surface area contributed by atoms with Crippen molar-refractivity contribution in [3.8, 4) is 0 Å². The Morgan fingerprint density at radius 2 is 2.43 bits per heavy atom. The van der Waals surface area contributed by atoms with Crippen LogP contribution in [-0.2, 0) is 16.1 Å². The predicted octanol–water partition coefficient (Wildman–Crippen LogP) is 2.81. The number of hydrogen-bond acceptors (Lipinski definition) is 4. The average Bonchev–Trinajstić information content (AvgIpc) is 3.18. The Hall–Kier alpha value is -1.40. The minimum absolute atomic E-state index is 0.00285. The van der Waals surface area contributed by atoms with E-state index in [1.165, 1.54) is 4.88 Å². The number of nitrogens with zero attached hydrogens (tertiary/aromatic N) is 2. The highest BCUT2D eigenvalue weighted by Gasteiger charge is 2.34. The van der Waals surface area contributed by atoms with E-state index >= 15 is 0 Å². The van der Waals surface area contributed by atoms with Crippen LogP contribution in [0.5, 0.6) is 0 Å². The summed E-state index contributed by atoms with van der Waals surface area (Å²) in [6, 6.07) is 4.17. The number of thiophene rings is 1. The Kier molecular flexibility index (Phi) is 5.33. The molecule has 1 aromatic heterocycles. The first-order valence-corrected chi connectivity index (χ1v) is 8.98. The molecule has 2 atom stereocenters.